The minimum absolute atomic E-state index is 0.149. The fourth-order valence-corrected chi connectivity index (χ4v) is 4.36. The van der Waals surface area contributed by atoms with E-state index in [2.05, 4.69) is 0 Å². The standard InChI is InChI=1S/C14H17FO3S/c1-9-2-4-11(5-3-9)19(16,17)18-14-8-10-6-12(14)13(15)7-10/h2-5,10,12-14H,6-8H2,1H3/t10-,12+,13?,14?/m1/s1. The van der Waals surface area contributed by atoms with E-state index in [-0.39, 0.29) is 10.8 Å². The fourth-order valence-electron chi connectivity index (χ4n) is 3.24. The van der Waals surface area contributed by atoms with Crippen molar-refractivity contribution in [2.75, 3.05) is 0 Å². The van der Waals surface area contributed by atoms with Gasteiger partial charge in [0.15, 0.2) is 0 Å². The summed E-state index contributed by atoms with van der Waals surface area (Å²) in [5.41, 5.74) is 0.989. The summed E-state index contributed by atoms with van der Waals surface area (Å²) in [6, 6.07) is 6.53. The van der Waals surface area contributed by atoms with Gasteiger partial charge < -0.3 is 0 Å². The Morgan fingerprint density at radius 2 is 1.84 bits per heavy atom. The van der Waals surface area contributed by atoms with Crippen LogP contribution >= 0.6 is 0 Å². The third-order valence-corrected chi connectivity index (χ3v) is 5.58. The first-order chi connectivity index (χ1) is 8.95. The lowest BCUT2D eigenvalue weighted by atomic mass is 9.96. The second-order valence-corrected chi connectivity index (χ2v) is 7.23. The molecule has 19 heavy (non-hydrogen) atoms. The van der Waals surface area contributed by atoms with Crippen molar-refractivity contribution in [1.29, 1.82) is 0 Å². The number of aryl methyl sites for hydroxylation is 1. The second kappa shape index (κ2) is 4.56. The molecule has 3 nitrogen and oxygen atoms in total. The van der Waals surface area contributed by atoms with Crippen molar-refractivity contribution < 1.29 is 17.0 Å². The maximum Gasteiger partial charge on any atom is 0.297 e. The molecule has 0 heterocycles. The van der Waals surface area contributed by atoms with Crippen LogP contribution in [0.4, 0.5) is 4.39 Å². The van der Waals surface area contributed by atoms with Crippen molar-refractivity contribution in [2.24, 2.45) is 11.8 Å². The van der Waals surface area contributed by atoms with Gasteiger partial charge in [0.05, 0.1) is 11.0 Å². The molecule has 1 aromatic rings. The molecule has 0 radical (unpaired) electrons. The van der Waals surface area contributed by atoms with Gasteiger partial charge >= 0.3 is 0 Å². The lowest BCUT2D eigenvalue weighted by Gasteiger charge is -2.24. The van der Waals surface area contributed by atoms with Crippen molar-refractivity contribution >= 4 is 10.1 Å². The number of hydrogen-bond acceptors (Lipinski definition) is 3. The molecular formula is C14H17FO3S. The molecule has 1 aromatic carbocycles. The first kappa shape index (κ1) is 13.1. The van der Waals surface area contributed by atoms with E-state index < -0.39 is 22.4 Å². The van der Waals surface area contributed by atoms with Crippen LogP contribution in [0, 0.1) is 18.8 Å². The number of fused-ring (bicyclic) bond motifs is 2. The van der Waals surface area contributed by atoms with Crippen LogP contribution in [0.3, 0.4) is 0 Å². The van der Waals surface area contributed by atoms with Gasteiger partial charge in [0, 0.05) is 5.92 Å². The lowest BCUT2D eigenvalue weighted by molar-refractivity contribution is 0.0875. The molecule has 2 aliphatic rings. The first-order valence-corrected chi connectivity index (χ1v) is 8.00. The maximum absolute atomic E-state index is 13.6. The zero-order chi connectivity index (χ0) is 13.6. The Balaban J connectivity index is 1.77. The first-order valence-electron chi connectivity index (χ1n) is 6.60. The summed E-state index contributed by atoms with van der Waals surface area (Å²) in [4.78, 5) is 0.149. The summed E-state index contributed by atoms with van der Waals surface area (Å²) in [5.74, 6) is 0.0449. The molecule has 0 N–H and O–H groups in total. The van der Waals surface area contributed by atoms with E-state index in [0.717, 1.165) is 12.0 Å². The van der Waals surface area contributed by atoms with E-state index in [4.69, 9.17) is 4.18 Å². The molecule has 2 bridgehead atoms. The molecular weight excluding hydrogens is 267 g/mol. The van der Waals surface area contributed by atoms with Crippen LogP contribution in [0.2, 0.25) is 0 Å². The highest BCUT2D eigenvalue weighted by atomic mass is 32.2. The van der Waals surface area contributed by atoms with Gasteiger partial charge in [0.2, 0.25) is 0 Å². The maximum atomic E-state index is 13.6. The van der Waals surface area contributed by atoms with Gasteiger partial charge in [-0.2, -0.15) is 8.42 Å². The van der Waals surface area contributed by atoms with E-state index in [1.807, 2.05) is 6.92 Å². The topological polar surface area (TPSA) is 43.4 Å². The zero-order valence-electron chi connectivity index (χ0n) is 10.8. The van der Waals surface area contributed by atoms with E-state index >= 15 is 0 Å². The molecule has 0 amide bonds. The summed E-state index contributed by atoms with van der Waals surface area (Å²) in [6.45, 7) is 1.89. The van der Waals surface area contributed by atoms with Crippen molar-refractivity contribution in [3.63, 3.8) is 0 Å². The van der Waals surface area contributed by atoms with Crippen LogP contribution in [0.1, 0.15) is 24.8 Å². The zero-order valence-corrected chi connectivity index (χ0v) is 11.6. The number of benzene rings is 1. The minimum Gasteiger partial charge on any atom is -0.263 e. The van der Waals surface area contributed by atoms with Crippen molar-refractivity contribution in [2.45, 2.75) is 43.4 Å². The van der Waals surface area contributed by atoms with Gasteiger partial charge in [-0.3, -0.25) is 4.18 Å². The normalized spacial score (nSPS) is 33.8. The Kier molecular flexibility index (Phi) is 3.14. The number of alkyl halides is 1. The van der Waals surface area contributed by atoms with E-state index in [9.17, 15) is 12.8 Å². The Labute approximate surface area is 112 Å². The highest BCUT2D eigenvalue weighted by Crippen LogP contribution is 2.48. The molecule has 0 spiro atoms. The average molecular weight is 284 g/mol. The predicted molar refractivity (Wildman–Crippen MR) is 69.0 cm³/mol. The Morgan fingerprint density at radius 3 is 2.42 bits per heavy atom. The summed E-state index contributed by atoms with van der Waals surface area (Å²) < 4.78 is 43.2. The van der Waals surface area contributed by atoms with Gasteiger partial charge in [-0.1, -0.05) is 17.7 Å². The molecule has 5 heteroatoms. The van der Waals surface area contributed by atoms with Crippen molar-refractivity contribution in [3.8, 4) is 0 Å². The van der Waals surface area contributed by atoms with Crippen LogP contribution in [0.15, 0.2) is 29.2 Å². The summed E-state index contributed by atoms with van der Waals surface area (Å²) in [6.07, 6.45) is 0.595. The van der Waals surface area contributed by atoms with Crippen LogP contribution in [0.25, 0.3) is 0 Å². The Morgan fingerprint density at radius 1 is 1.16 bits per heavy atom. The predicted octanol–water partition coefficient (Wildman–Crippen LogP) is 2.84. The monoisotopic (exact) mass is 284 g/mol. The van der Waals surface area contributed by atoms with Crippen LogP contribution in [0.5, 0.6) is 0 Å². The quantitative estimate of drug-likeness (QED) is 0.802. The average Bonchev–Trinajstić information content (AvgIpc) is 2.87. The number of halogens is 1. The van der Waals surface area contributed by atoms with Gasteiger partial charge in [-0.05, 0) is 44.2 Å². The molecule has 2 unspecified atom stereocenters. The smallest absolute Gasteiger partial charge is 0.263 e. The number of hydrogen-bond donors (Lipinski definition) is 0. The minimum atomic E-state index is -3.77. The summed E-state index contributed by atoms with van der Waals surface area (Å²) in [7, 11) is -3.77. The molecule has 0 aliphatic heterocycles. The Bertz CT molecular complexity index is 567. The van der Waals surface area contributed by atoms with Crippen molar-refractivity contribution in [1.82, 2.24) is 0 Å². The molecule has 0 saturated heterocycles. The molecule has 4 atom stereocenters. The highest BCUT2D eigenvalue weighted by molar-refractivity contribution is 7.86. The fraction of sp³-hybridized carbons (Fsp3) is 0.571. The summed E-state index contributed by atoms with van der Waals surface area (Å²) in [5, 5.41) is 0. The van der Waals surface area contributed by atoms with E-state index in [0.29, 0.717) is 18.8 Å². The van der Waals surface area contributed by atoms with Crippen LogP contribution in [-0.2, 0) is 14.3 Å². The van der Waals surface area contributed by atoms with Crippen LogP contribution in [-0.4, -0.2) is 20.7 Å². The van der Waals surface area contributed by atoms with Crippen LogP contribution < -0.4 is 0 Å². The molecule has 104 valence electrons. The largest absolute Gasteiger partial charge is 0.297 e. The third-order valence-electron chi connectivity index (χ3n) is 4.23. The van der Waals surface area contributed by atoms with E-state index in [1.54, 1.807) is 12.1 Å². The van der Waals surface area contributed by atoms with Crippen molar-refractivity contribution in [3.05, 3.63) is 29.8 Å². The molecule has 2 aliphatic carbocycles. The number of rotatable bonds is 3. The van der Waals surface area contributed by atoms with E-state index in [1.165, 1.54) is 12.1 Å². The SMILES string of the molecule is Cc1ccc(S(=O)(=O)OC2C[C@H]3CC(F)[C@@H]2C3)cc1. The molecule has 0 aromatic heterocycles. The molecule has 2 fully saturated rings. The van der Waals surface area contributed by atoms with Gasteiger partial charge in [-0.15, -0.1) is 0 Å². The molecule has 2 saturated carbocycles. The Hall–Kier alpha value is -0.940. The third kappa shape index (κ3) is 2.41. The second-order valence-electron chi connectivity index (χ2n) is 5.65. The van der Waals surface area contributed by atoms with Gasteiger partial charge in [0.1, 0.15) is 6.17 Å². The lowest BCUT2D eigenvalue weighted by Crippen LogP contribution is -2.30. The molecule has 3 rings (SSSR count). The van der Waals surface area contributed by atoms with Gasteiger partial charge in [0.25, 0.3) is 10.1 Å². The van der Waals surface area contributed by atoms with Gasteiger partial charge in [-0.25, -0.2) is 4.39 Å². The summed E-state index contributed by atoms with van der Waals surface area (Å²) >= 11 is 0. The highest BCUT2D eigenvalue weighted by Gasteiger charge is 2.48.